The third-order valence-corrected chi connectivity index (χ3v) is 4.11. The molecule has 0 unspecified atom stereocenters. The Morgan fingerprint density at radius 1 is 1.41 bits per heavy atom. The first-order valence-corrected chi connectivity index (χ1v) is 8.52. The topological polar surface area (TPSA) is 49.4 Å². The molecule has 1 heterocycles. The van der Waals surface area contributed by atoms with Gasteiger partial charge in [0.2, 0.25) is 10.0 Å². The monoisotopic (exact) mass is 276 g/mol. The van der Waals surface area contributed by atoms with Crippen LogP contribution >= 0.6 is 11.3 Å². The minimum atomic E-state index is -3.13. The summed E-state index contributed by atoms with van der Waals surface area (Å²) >= 11 is 1.64. The van der Waals surface area contributed by atoms with Crippen molar-refractivity contribution in [1.82, 2.24) is 9.62 Å². The van der Waals surface area contributed by atoms with Crippen LogP contribution in [0.25, 0.3) is 0 Å². The number of thiophene rings is 1. The van der Waals surface area contributed by atoms with Crippen molar-refractivity contribution >= 4 is 21.4 Å². The van der Waals surface area contributed by atoms with E-state index in [0.29, 0.717) is 6.54 Å². The molecule has 0 saturated heterocycles. The molecule has 0 spiro atoms. The summed E-state index contributed by atoms with van der Waals surface area (Å²) in [6.07, 6.45) is 1.19. The van der Waals surface area contributed by atoms with Gasteiger partial charge < -0.3 is 0 Å². The van der Waals surface area contributed by atoms with Crippen molar-refractivity contribution in [2.45, 2.75) is 19.9 Å². The summed E-state index contributed by atoms with van der Waals surface area (Å²) in [5, 5.41) is 4.10. The lowest BCUT2D eigenvalue weighted by Crippen LogP contribution is -2.37. The number of hydrogen-bond acceptors (Lipinski definition) is 4. The molecule has 1 rings (SSSR count). The van der Waals surface area contributed by atoms with E-state index >= 15 is 0 Å². The first-order chi connectivity index (χ1) is 7.98. The summed E-state index contributed by atoms with van der Waals surface area (Å²) in [4.78, 5) is 2.25. The van der Waals surface area contributed by atoms with Crippen molar-refractivity contribution in [2.75, 3.05) is 25.9 Å². The maximum absolute atomic E-state index is 11.2. The highest BCUT2D eigenvalue weighted by Gasteiger charge is 2.19. The average Bonchev–Trinajstić information content (AvgIpc) is 2.76. The van der Waals surface area contributed by atoms with Gasteiger partial charge in [0.15, 0.2) is 0 Å². The molecule has 0 bridgehead atoms. The summed E-state index contributed by atoms with van der Waals surface area (Å²) in [5.41, 5.74) is 1.18. The highest BCUT2D eigenvalue weighted by Crippen LogP contribution is 2.22. The van der Waals surface area contributed by atoms with Crippen LogP contribution in [0, 0.1) is 0 Å². The minimum absolute atomic E-state index is 0.117. The molecule has 1 atom stereocenters. The van der Waals surface area contributed by atoms with Gasteiger partial charge in [0, 0.05) is 12.6 Å². The van der Waals surface area contributed by atoms with E-state index in [1.54, 1.807) is 11.3 Å². The maximum Gasteiger partial charge on any atom is 0.208 e. The van der Waals surface area contributed by atoms with Gasteiger partial charge in [-0.15, -0.1) is 0 Å². The van der Waals surface area contributed by atoms with Crippen LogP contribution in [0.3, 0.4) is 0 Å². The molecule has 0 fully saturated rings. The number of nitrogens with one attached hydrogen (secondary N) is 1. The maximum atomic E-state index is 11.2. The quantitative estimate of drug-likeness (QED) is 0.824. The van der Waals surface area contributed by atoms with Crippen LogP contribution in [0.15, 0.2) is 16.8 Å². The van der Waals surface area contributed by atoms with E-state index in [2.05, 4.69) is 34.9 Å². The second kappa shape index (κ2) is 6.49. The molecule has 4 nitrogen and oxygen atoms in total. The summed E-state index contributed by atoms with van der Waals surface area (Å²) in [7, 11) is -3.13. The number of likely N-dealkylation sites (N-methyl/N-ethyl adjacent to an activating group) is 1. The van der Waals surface area contributed by atoms with Crippen molar-refractivity contribution in [3.63, 3.8) is 0 Å². The third-order valence-electron chi connectivity index (χ3n) is 2.72. The molecule has 1 N–H and O–H groups in total. The molecule has 0 aromatic carbocycles. The van der Waals surface area contributed by atoms with Crippen molar-refractivity contribution in [2.24, 2.45) is 0 Å². The van der Waals surface area contributed by atoms with Crippen molar-refractivity contribution in [1.29, 1.82) is 0 Å². The van der Waals surface area contributed by atoms with Crippen LogP contribution in [0.1, 0.15) is 25.5 Å². The van der Waals surface area contributed by atoms with E-state index in [-0.39, 0.29) is 6.04 Å². The molecule has 1 aromatic heterocycles. The van der Waals surface area contributed by atoms with Gasteiger partial charge in [0.1, 0.15) is 0 Å². The van der Waals surface area contributed by atoms with E-state index in [4.69, 9.17) is 0 Å². The first-order valence-electron chi connectivity index (χ1n) is 5.68. The second-order valence-electron chi connectivity index (χ2n) is 3.91. The molecule has 0 saturated carbocycles. The van der Waals surface area contributed by atoms with Crippen molar-refractivity contribution in [3.8, 4) is 0 Å². The fraction of sp³-hybridized carbons (Fsp3) is 0.636. The molecule has 0 aliphatic heterocycles. The molecule has 0 amide bonds. The lowest BCUT2D eigenvalue weighted by atomic mass is 10.1. The Bertz CT molecular complexity index is 411. The van der Waals surface area contributed by atoms with E-state index in [1.165, 1.54) is 11.8 Å². The van der Waals surface area contributed by atoms with Crippen molar-refractivity contribution < 1.29 is 8.42 Å². The second-order valence-corrected chi connectivity index (χ2v) is 6.53. The zero-order chi connectivity index (χ0) is 12.9. The summed E-state index contributed by atoms with van der Waals surface area (Å²) in [6.45, 7) is 6.41. The number of rotatable bonds is 7. The van der Waals surface area contributed by atoms with Gasteiger partial charge in [-0.05, 0) is 35.5 Å². The lowest BCUT2D eigenvalue weighted by Gasteiger charge is -2.29. The summed E-state index contributed by atoms with van der Waals surface area (Å²) < 4.78 is 24.9. The zero-order valence-corrected chi connectivity index (χ0v) is 12.1. The zero-order valence-electron chi connectivity index (χ0n) is 10.5. The molecule has 6 heteroatoms. The highest BCUT2D eigenvalue weighted by molar-refractivity contribution is 7.88. The van der Waals surface area contributed by atoms with E-state index < -0.39 is 10.0 Å². The molecule has 0 radical (unpaired) electrons. The normalized spacial score (nSPS) is 14.1. The van der Waals surface area contributed by atoms with Crippen molar-refractivity contribution in [3.05, 3.63) is 22.4 Å². The van der Waals surface area contributed by atoms with Crippen LogP contribution in [0.2, 0.25) is 0 Å². The van der Waals surface area contributed by atoms with Gasteiger partial charge in [0.25, 0.3) is 0 Å². The predicted molar refractivity (Wildman–Crippen MR) is 72.8 cm³/mol. The largest absolute Gasteiger partial charge is 0.296 e. The molecular weight excluding hydrogens is 256 g/mol. The molecule has 98 valence electrons. The van der Waals surface area contributed by atoms with Crippen LogP contribution in [-0.4, -0.2) is 39.2 Å². The summed E-state index contributed by atoms with van der Waals surface area (Å²) in [6, 6.07) is 2.17. The van der Waals surface area contributed by atoms with E-state index in [9.17, 15) is 8.42 Å². The Morgan fingerprint density at radius 2 is 2.06 bits per heavy atom. The summed E-state index contributed by atoms with van der Waals surface area (Å²) in [5.74, 6) is 0. The fourth-order valence-corrected chi connectivity index (χ4v) is 2.98. The van der Waals surface area contributed by atoms with Gasteiger partial charge in [0.05, 0.1) is 6.26 Å². The van der Waals surface area contributed by atoms with Gasteiger partial charge >= 0.3 is 0 Å². The Hall–Kier alpha value is -0.430. The van der Waals surface area contributed by atoms with Gasteiger partial charge in [-0.25, -0.2) is 13.1 Å². The van der Waals surface area contributed by atoms with Crippen LogP contribution in [-0.2, 0) is 10.0 Å². The SMILES string of the molecule is CCN(CC)[C@@H](CNS(C)(=O)=O)c1ccsc1. The Labute approximate surface area is 108 Å². The minimum Gasteiger partial charge on any atom is -0.296 e. The Kier molecular flexibility index (Phi) is 5.58. The van der Waals surface area contributed by atoms with E-state index in [1.807, 2.05) is 5.38 Å². The highest BCUT2D eigenvalue weighted by atomic mass is 32.2. The van der Waals surface area contributed by atoms with Gasteiger partial charge in [-0.2, -0.15) is 11.3 Å². The van der Waals surface area contributed by atoms with E-state index in [0.717, 1.165) is 13.1 Å². The molecular formula is C11H20N2O2S2. The standard InChI is InChI=1S/C11H20N2O2S2/c1-4-13(5-2)11(8-12-17(3,14)15)10-6-7-16-9-10/h6-7,9,11-12H,4-5,8H2,1-3H3/t11-/m0/s1. The van der Waals surface area contributed by atoms with Crippen LogP contribution < -0.4 is 4.72 Å². The molecule has 1 aromatic rings. The predicted octanol–water partition coefficient (Wildman–Crippen LogP) is 1.68. The average molecular weight is 276 g/mol. The first kappa shape index (κ1) is 14.6. The molecule has 0 aliphatic carbocycles. The number of sulfonamides is 1. The Morgan fingerprint density at radius 3 is 2.47 bits per heavy atom. The third kappa shape index (κ3) is 4.75. The number of hydrogen-bond donors (Lipinski definition) is 1. The molecule has 17 heavy (non-hydrogen) atoms. The smallest absolute Gasteiger partial charge is 0.208 e. The fourth-order valence-electron chi connectivity index (χ4n) is 1.82. The van der Waals surface area contributed by atoms with Gasteiger partial charge in [-0.1, -0.05) is 13.8 Å². The number of nitrogens with zero attached hydrogens (tertiary/aromatic N) is 1. The van der Waals surface area contributed by atoms with Gasteiger partial charge in [-0.3, -0.25) is 4.90 Å². The van der Waals surface area contributed by atoms with Crippen LogP contribution in [0.5, 0.6) is 0 Å². The van der Waals surface area contributed by atoms with Crippen LogP contribution in [0.4, 0.5) is 0 Å². The molecule has 0 aliphatic rings. The Balaban J connectivity index is 2.80. The lowest BCUT2D eigenvalue weighted by molar-refractivity contribution is 0.220.